The first kappa shape index (κ1) is 20.3. The number of halogens is 2. The smallest absolute Gasteiger partial charge is 0.338 e. The van der Waals surface area contributed by atoms with Gasteiger partial charge in [-0.3, -0.25) is 4.79 Å². The summed E-state index contributed by atoms with van der Waals surface area (Å²) < 4.78 is 5.24. The quantitative estimate of drug-likeness (QED) is 0.641. The minimum Gasteiger partial charge on any atom is -0.449 e. The van der Waals surface area contributed by atoms with Gasteiger partial charge in [0.1, 0.15) is 0 Å². The highest BCUT2D eigenvalue weighted by Crippen LogP contribution is 2.27. The molecule has 0 aliphatic rings. The molecule has 0 bridgehead atoms. The van der Waals surface area contributed by atoms with Gasteiger partial charge in [-0.2, -0.15) is 0 Å². The molecule has 0 saturated carbocycles. The van der Waals surface area contributed by atoms with E-state index in [-0.39, 0.29) is 10.6 Å². The minimum absolute atomic E-state index is 0.235. The van der Waals surface area contributed by atoms with E-state index in [1.807, 2.05) is 24.3 Å². The lowest BCUT2D eigenvalue weighted by Gasteiger charge is -2.18. The van der Waals surface area contributed by atoms with E-state index in [0.717, 1.165) is 17.7 Å². The van der Waals surface area contributed by atoms with Crippen molar-refractivity contribution in [3.05, 3.63) is 63.6 Å². The molecular formula is C20H21Cl2NO3. The molecule has 0 unspecified atom stereocenters. The molecule has 2 aromatic carbocycles. The molecule has 6 heteroatoms. The van der Waals surface area contributed by atoms with Gasteiger partial charge in [0.05, 0.1) is 15.6 Å². The van der Waals surface area contributed by atoms with Gasteiger partial charge in [0, 0.05) is 5.69 Å². The molecule has 0 radical (unpaired) electrons. The number of esters is 1. The van der Waals surface area contributed by atoms with E-state index in [2.05, 4.69) is 19.2 Å². The fourth-order valence-electron chi connectivity index (χ4n) is 2.40. The highest BCUT2D eigenvalue weighted by atomic mass is 35.5. The molecule has 2 aromatic rings. The number of para-hydroxylation sites is 1. The van der Waals surface area contributed by atoms with Crippen LogP contribution in [-0.4, -0.2) is 18.0 Å². The Bertz CT molecular complexity index is 807. The average Bonchev–Trinajstić information content (AvgIpc) is 2.63. The number of benzene rings is 2. The van der Waals surface area contributed by atoms with Crippen LogP contribution in [0.25, 0.3) is 0 Å². The molecule has 0 aliphatic carbocycles. The minimum atomic E-state index is -0.957. The lowest BCUT2D eigenvalue weighted by molar-refractivity contribution is -0.123. The van der Waals surface area contributed by atoms with Gasteiger partial charge in [0.15, 0.2) is 6.10 Å². The van der Waals surface area contributed by atoms with E-state index in [1.165, 1.54) is 25.1 Å². The van der Waals surface area contributed by atoms with Gasteiger partial charge in [-0.25, -0.2) is 4.79 Å². The van der Waals surface area contributed by atoms with Crippen LogP contribution in [0.5, 0.6) is 0 Å². The predicted molar refractivity (Wildman–Crippen MR) is 105 cm³/mol. The first-order chi connectivity index (χ1) is 12.3. The maximum atomic E-state index is 12.4. The summed E-state index contributed by atoms with van der Waals surface area (Å²) in [6.45, 7) is 5.71. The number of nitrogens with one attached hydrogen (secondary N) is 1. The van der Waals surface area contributed by atoms with Crippen molar-refractivity contribution in [1.29, 1.82) is 0 Å². The highest BCUT2D eigenvalue weighted by molar-refractivity contribution is 6.42. The van der Waals surface area contributed by atoms with Crippen molar-refractivity contribution in [3.8, 4) is 0 Å². The average molecular weight is 394 g/mol. The molecule has 26 heavy (non-hydrogen) atoms. The van der Waals surface area contributed by atoms with Crippen molar-refractivity contribution in [2.45, 2.75) is 39.2 Å². The summed E-state index contributed by atoms with van der Waals surface area (Å²) in [7, 11) is 0. The Balaban J connectivity index is 2.06. The van der Waals surface area contributed by atoms with E-state index in [1.54, 1.807) is 0 Å². The SMILES string of the molecule is CC[C@@H](C)c1ccccc1NC(=O)[C@@H](C)OC(=O)c1ccc(Cl)c(Cl)c1. The zero-order chi connectivity index (χ0) is 19.3. The Morgan fingerprint density at radius 1 is 1.08 bits per heavy atom. The molecule has 1 N–H and O–H groups in total. The van der Waals surface area contributed by atoms with Crippen molar-refractivity contribution < 1.29 is 14.3 Å². The van der Waals surface area contributed by atoms with E-state index in [4.69, 9.17) is 27.9 Å². The van der Waals surface area contributed by atoms with Gasteiger partial charge >= 0.3 is 5.97 Å². The van der Waals surface area contributed by atoms with Crippen molar-refractivity contribution in [2.75, 3.05) is 5.32 Å². The van der Waals surface area contributed by atoms with Crippen LogP contribution in [-0.2, 0) is 9.53 Å². The lowest BCUT2D eigenvalue weighted by Crippen LogP contribution is -2.30. The van der Waals surface area contributed by atoms with Gasteiger partial charge in [-0.1, -0.05) is 55.2 Å². The molecule has 2 rings (SSSR count). The summed E-state index contributed by atoms with van der Waals surface area (Å²) in [5.74, 6) is -0.726. The molecule has 2 atom stereocenters. The van der Waals surface area contributed by atoms with Crippen molar-refractivity contribution >= 4 is 40.8 Å². The Hall–Kier alpha value is -2.04. The van der Waals surface area contributed by atoms with Gasteiger partial charge in [0.2, 0.25) is 0 Å². The second kappa shape index (κ2) is 9.06. The Morgan fingerprint density at radius 3 is 2.42 bits per heavy atom. The van der Waals surface area contributed by atoms with Crippen molar-refractivity contribution in [2.24, 2.45) is 0 Å². The van der Waals surface area contributed by atoms with E-state index in [9.17, 15) is 9.59 Å². The van der Waals surface area contributed by atoms with Crippen LogP contribution in [0.15, 0.2) is 42.5 Å². The third-order valence-electron chi connectivity index (χ3n) is 4.17. The van der Waals surface area contributed by atoms with Gasteiger partial charge in [-0.15, -0.1) is 0 Å². The van der Waals surface area contributed by atoms with Crippen molar-refractivity contribution in [3.63, 3.8) is 0 Å². The second-order valence-corrected chi connectivity index (χ2v) is 6.88. The maximum Gasteiger partial charge on any atom is 0.338 e. The molecule has 4 nitrogen and oxygen atoms in total. The standard InChI is InChI=1S/C20H21Cl2NO3/c1-4-12(2)15-7-5-6-8-18(15)23-19(24)13(3)26-20(25)14-9-10-16(21)17(22)11-14/h5-13H,4H2,1-3H3,(H,23,24)/t12-,13-/m1/s1. The van der Waals surface area contributed by atoms with Crippen LogP contribution >= 0.6 is 23.2 Å². The summed E-state index contributed by atoms with van der Waals surface area (Å²) in [5, 5.41) is 3.43. The first-order valence-electron chi connectivity index (χ1n) is 8.39. The monoisotopic (exact) mass is 393 g/mol. The molecule has 0 spiro atoms. The summed E-state index contributed by atoms with van der Waals surface area (Å²) in [6, 6.07) is 12.0. The van der Waals surface area contributed by atoms with Crippen LogP contribution < -0.4 is 5.32 Å². The summed E-state index contributed by atoms with van der Waals surface area (Å²) in [6.07, 6.45) is -0.00341. The number of carbonyl (C=O) groups excluding carboxylic acids is 2. The first-order valence-corrected chi connectivity index (χ1v) is 9.14. The number of amides is 1. The predicted octanol–water partition coefficient (Wildman–Crippen LogP) is 5.69. The number of carbonyl (C=O) groups is 2. The summed E-state index contributed by atoms with van der Waals surface area (Å²) >= 11 is 11.7. The molecule has 0 heterocycles. The van der Waals surface area contributed by atoms with Crippen LogP contribution in [0.1, 0.15) is 49.0 Å². The number of hydrogen-bond acceptors (Lipinski definition) is 3. The van der Waals surface area contributed by atoms with Gasteiger partial charge in [-0.05, 0) is 49.1 Å². The maximum absolute atomic E-state index is 12.4. The normalized spacial score (nSPS) is 13.0. The highest BCUT2D eigenvalue weighted by Gasteiger charge is 2.21. The number of rotatable bonds is 6. The van der Waals surface area contributed by atoms with Crippen LogP contribution in [0.4, 0.5) is 5.69 Å². The van der Waals surface area contributed by atoms with Crippen LogP contribution in [0.2, 0.25) is 10.0 Å². The van der Waals surface area contributed by atoms with Crippen molar-refractivity contribution in [1.82, 2.24) is 0 Å². The van der Waals surface area contributed by atoms with Gasteiger partial charge in [0.25, 0.3) is 5.91 Å². The molecule has 0 saturated heterocycles. The molecule has 0 aliphatic heterocycles. The number of anilines is 1. The molecule has 138 valence electrons. The fraction of sp³-hybridized carbons (Fsp3) is 0.300. The Labute approximate surface area is 163 Å². The third kappa shape index (κ3) is 4.99. The zero-order valence-corrected chi connectivity index (χ0v) is 16.4. The topological polar surface area (TPSA) is 55.4 Å². The van der Waals surface area contributed by atoms with E-state index < -0.39 is 18.0 Å². The summed E-state index contributed by atoms with van der Waals surface area (Å²) in [5.41, 5.74) is 2.01. The zero-order valence-electron chi connectivity index (χ0n) is 14.9. The van der Waals surface area contributed by atoms with Crippen LogP contribution in [0, 0.1) is 0 Å². The molecule has 0 aromatic heterocycles. The molecule has 1 amide bonds. The van der Waals surface area contributed by atoms with E-state index >= 15 is 0 Å². The Kier molecular flexibility index (Phi) is 7.06. The largest absolute Gasteiger partial charge is 0.449 e. The van der Waals surface area contributed by atoms with Gasteiger partial charge < -0.3 is 10.1 Å². The fourth-order valence-corrected chi connectivity index (χ4v) is 2.70. The number of ether oxygens (including phenoxy) is 1. The van der Waals surface area contributed by atoms with Crippen LogP contribution in [0.3, 0.4) is 0 Å². The third-order valence-corrected chi connectivity index (χ3v) is 4.91. The lowest BCUT2D eigenvalue weighted by atomic mass is 9.97. The molecular weight excluding hydrogens is 373 g/mol. The molecule has 0 fully saturated rings. The second-order valence-electron chi connectivity index (χ2n) is 6.06. The van der Waals surface area contributed by atoms with E-state index in [0.29, 0.717) is 10.9 Å². The number of hydrogen-bond donors (Lipinski definition) is 1. The summed E-state index contributed by atoms with van der Waals surface area (Å²) in [4.78, 5) is 24.6. The Morgan fingerprint density at radius 2 is 1.77 bits per heavy atom.